The Morgan fingerprint density at radius 1 is 1.25 bits per heavy atom. The predicted molar refractivity (Wildman–Crippen MR) is 71.0 cm³/mol. The molecule has 0 unspecified atom stereocenters. The lowest BCUT2D eigenvalue weighted by Crippen LogP contribution is -2.39. The number of nitrogens with zero attached hydrogens (tertiary/aromatic N) is 2. The minimum absolute atomic E-state index is 0.244. The summed E-state index contributed by atoms with van der Waals surface area (Å²) in [5.41, 5.74) is -0.758. The molecule has 0 spiro atoms. The number of carbonyl (C=O) groups is 1. The summed E-state index contributed by atoms with van der Waals surface area (Å²) in [5.74, 6) is 0.618. The molecule has 1 fully saturated rings. The Morgan fingerprint density at radius 2 is 2.00 bits per heavy atom. The van der Waals surface area contributed by atoms with Crippen LogP contribution < -0.4 is 0 Å². The number of esters is 1. The third kappa shape index (κ3) is 3.00. The van der Waals surface area contributed by atoms with E-state index in [-0.39, 0.29) is 5.97 Å². The average Bonchev–Trinajstić information content (AvgIpc) is 2.95. The van der Waals surface area contributed by atoms with Crippen LogP contribution in [0, 0.1) is 0 Å². The standard InChI is InChI=1S/C14H22N2O4/c1-3-18-10-11-15-12(20-16-11)14(13(17)19-4-2)8-6-5-7-9-14/h3-10H2,1-2H3. The van der Waals surface area contributed by atoms with Crippen LogP contribution in [0.25, 0.3) is 0 Å². The van der Waals surface area contributed by atoms with Crippen molar-refractivity contribution in [2.24, 2.45) is 0 Å². The number of aromatic nitrogens is 2. The smallest absolute Gasteiger partial charge is 0.321 e. The molecule has 1 aliphatic carbocycles. The van der Waals surface area contributed by atoms with Gasteiger partial charge in [0.1, 0.15) is 12.0 Å². The zero-order valence-corrected chi connectivity index (χ0v) is 12.2. The molecule has 1 aliphatic rings. The topological polar surface area (TPSA) is 74.5 Å². The lowest BCUT2D eigenvalue weighted by molar-refractivity contribution is -0.152. The monoisotopic (exact) mass is 282 g/mol. The van der Waals surface area contributed by atoms with Gasteiger partial charge in [0.2, 0.25) is 5.89 Å². The fourth-order valence-electron chi connectivity index (χ4n) is 2.63. The summed E-state index contributed by atoms with van der Waals surface area (Å²) >= 11 is 0. The summed E-state index contributed by atoms with van der Waals surface area (Å²) in [6.45, 7) is 4.97. The second-order valence-electron chi connectivity index (χ2n) is 5.02. The van der Waals surface area contributed by atoms with Crippen LogP contribution in [0.2, 0.25) is 0 Å². The van der Waals surface area contributed by atoms with Crippen LogP contribution in [0.15, 0.2) is 4.52 Å². The first-order chi connectivity index (χ1) is 9.73. The van der Waals surface area contributed by atoms with Crippen LogP contribution in [0.4, 0.5) is 0 Å². The third-order valence-electron chi connectivity index (χ3n) is 3.69. The van der Waals surface area contributed by atoms with Gasteiger partial charge < -0.3 is 14.0 Å². The van der Waals surface area contributed by atoms with Gasteiger partial charge in [0.15, 0.2) is 5.82 Å². The Morgan fingerprint density at radius 3 is 2.65 bits per heavy atom. The van der Waals surface area contributed by atoms with Gasteiger partial charge in [-0.1, -0.05) is 24.4 Å². The average molecular weight is 282 g/mol. The molecule has 1 heterocycles. The summed E-state index contributed by atoms with van der Waals surface area (Å²) in [5, 5.41) is 3.90. The SMILES string of the molecule is CCOCc1noc(C2(C(=O)OCC)CCCCC2)n1. The molecule has 0 aromatic carbocycles. The molecule has 0 atom stereocenters. The molecule has 0 saturated heterocycles. The van der Waals surface area contributed by atoms with Gasteiger partial charge in [-0.2, -0.15) is 4.98 Å². The molecular weight excluding hydrogens is 260 g/mol. The van der Waals surface area contributed by atoms with E-state index in [2.05, 4.69) is 10.1 Å². The number of hydrogen-bond acceptors (Lipinski definition) is 6. The van der Waals surface area contributed by atoms with Crippen molar-refractivity contribution in [1.82, 2.24) is 10.1 Å². The van der Waals surface area contributed by atoms with Crippen molar-refractivity contribution in [1.29, 1.82) is 0 Å². The molecule has 0 bridgehead atoms. The first-order valence-electron chi connectivity index (χ1n) is 7.31. The highest BCUT2D eigenvalue weighted by Gasteiger charge is 2.47. The minimum atomic E-state index is -0.758. The third-order valence-corrected chi connectivity index (χ3v) is 3.69. The summed E-state index contributed by atoms with van der Waals surface area (Å²) in [4.78, 5) is 16.7. The second kappa shape index (κ2) is 6.83. The molecule has 20 heavy (non-hydrogen) atoms. The van der Waals surface area contributed by atoms with E-state index in [4.69, 9.17) is 14.0 Å². The Balaban J connectivity index is 2.21. The first-order valence-corrected chi connectivity index (χ1v) is 7.31. The number of hydrogen-bond donors (Lipinski definition) is 0. The molecule has 112 valence electrons. The van der Waals surface area contributed by atoms with E-state index in [0.29, 0.717) is 44.4 Å². The molecule has 0 N–H and O–H groups in total. The number of carbonyl (C=O) groups excluding carboxylic acids is 1. The van der Waals surface area contributed by atoms with Crippen molar-refractivity contribution < 1.29 is 18.8 Å². The van der Waals surface area contributed by atoms with Crippen LogP contribution in [0.1, 0.15) is 57.7 Å². The lowest BCUT2D eigenvalue weighted by Gasteiger charge is -2.31. The van der Waals surface area contributed by atoms with Crippen LogP contribution in [-0.4, -0.2) is 29.3 Å². The normalized spacial score (nSPS) is 17.9. The van der Waals surface area contributed by atoms with E-state index in [1.807, 2.05) is 13.8 Å². The summed E-state index contributed by atoms with van der Waals surface area (Å²) in [6, 6.07) is 0. The van der Waals surface area contributed by atoms with E-state index in [9.17, 15) is 4.79 Å². The molecule has 1 aromatic rings. The molecule has 1 saturated carbocycles. The highest BCUT2D eigenvalue weighted by Crippen LogP contribution is 2.39. The van der Waals surface area contributed by atoms with Crippen molar-refractivity contribution in [3.8, 4) is 0 Å². The van der Waals surface area contributed by atoms with Crippen LogP contribution in [-0.2, 0) is 26.3 Å². The summed E-state index contributed by atoms with van der Waals surface area (Å²) < 4.78 is 15.8. The lowest BCUT2D eigenvalue weighted by atomic mass is 9.74. The maximum Gasteiger partial charge on any atom is 0.321 e. The molecule has 0 radical (unpaired) electrons. The minimum Gasteiger partial charge on any atom is -0.465 e. The van der Waals surface area contributed by atoms with E-state index in [1.54, 1.807) is 0 Å². The fourth-order valence-corrected chi connectivity index (χ4v) is 2.63. The quantitative estimate of drug-likeness (QED) is 0.746. The van der Waals surface area contributed by atoms with Crippen molar-refractivity contribution >= 4 is 5.97 Å². The Kier molecular flexibility index (Phi) is 5.11. The van der Waals surface area contributed by atoms with Crippen LogP contribution in [0.5, 0.6) is 0 Å². The van der Waals surface area contributed by atoms with Gasteiger partial charge in [0.05, 0.1) is 6.61 Å². The van der Waals surface area contributed by atoms with Gasteiger partial charge >= 0.3 is 5.97 Å². The highest BCUT2D eigenvalue weighted by atomic mass is 16.5. The largest absolute Gasteiger partial charge is 0.465 e. The molecule has 2 rings (SSSR count). The fraction of sp³-hybridized carbons (Fsp3) is 0.786. The van der Waals surface area contributed by atoms with Crippen molar-refractivity contribution in [3.63, 3.8) is 0 Å². The predicted octanol–water partition coefficient (Wildman–Crippen LogP) is 2.37. The van der Waals surface area contributed by atoms with E-state index in [0.717, 1.165) is 19.3 Å². The Hall–Kier alpha value is -1.43. The van der Waals surface area contributed by atoms with Gasteiger partial charge in [-0.15, -0.1) is 0 Å². The van der Waals surface area contributed by atoms with Gasteiger partial charge in [-0.05, 0) is 26.7 Å². The maximum atomic E-state index is 12.4. The first kappa shape index (κ1) is 15.0. The molecule has 1 aromatic heterocycles. The maximum absolute atomic E-state index is 12.4. The molecule has 0 aliphatic heterocycles. The van der Waals surface area contributed by atoms with Gasteiger partial charge in [0, 0.05) is 6.61 Å². The van der Waals surface area contributed by atoms with Crippen molar-refractivity contribution in [3.05, 3.63) is 11.7 Å². The van der Waals surface area contributed by atoms with Crippen LogP contribution >= 0.6 is 0 Å². The number of ether oxygens (including phenoxy) is 2. The highest BCUT2D eigenvalue weighted by molar-refractivity contribution is 5.82. The van der Waals surface area contributed by atoms with Crippen molar-refractivity contribution in [2.45, 2.75) is 58.0 Å². The zero-order chi connectivity index (χ0) is 14.4. The van der Waals surface area contributed by atoms with Gasteiger partial charge in [-0.25, -0.2) is 0 Å². The van der Waals surface area contributed by atoms with E-state index >= 15 is 0 Å². The summed E-state index contributed by atoms with van der Waals surface area (Å²) in [7, 11) is 0. The molecular formula is C14H22N2O4. The molecule has 6 nitrogen and oxygen atoms in total. The van der Waals surface area contributed by atoms with Crippen molar-refractivity contribution in [2.75, 3.05) is 13.2 Å². The van der Waals surface area contributed by atoms with Crippen LogP contribution in [0.3, 0.4) is 0 Å². The molecule has 0 amide bonds. The van der Waals surface area contributed by atoms with E-state index in [1.165, 1.54) is 0 Å². The number of rotatable bonds is 6. The van der Waals surface area contributed by atoms with Gasteiger partial charge in [0.25, 0.3) is 0 Å². The Bertz CT molecular complexity index is 438. The second-order valence-corrected chi connectivity index (χ2v) is 5.02. The van der Waals surface area contributed by atoms with E-state index < -0.39 is 5.41 Å². The van der Waals surface area contributed by atoms with Gasteiger partial charge in [-0.3, -0.25) is 4.79 Å². The zero-order valence-electron chi connectivity index (χ0n) is 12.2. The summed E-state index contributed by atoms with van der Waals surface area (Å²) in [6.07, 6.45) is 4.50. The Labute approximate surface area is 118 Å². The molecule has 6 heteroatoms.